The molecule has 14 heavy (non-hydrogen) atoms. The predicted octanol–water partition coefficient (Wildman–Crippen LogP) is 2.21. The van der Waals surface area contributed by atoms with Gasteiger partial charge < -0.3 is 0 Å². The molecule has 72 valence electrons. The van der Waals surface area contributed by atoms with Gasteiger partial charge in [0.25, 0.3) is 0 Å². The fourth-order valence-electron chi connectivity index (χ4n) is 1.11. The van der Waals surface area contributed by atoms with Gasteiger partial charge in [-0.3, -0.25) is 0 Å². The minimum atomic E-state index is 0.578. The van der Waals surface area contributed by atoms with Gasteiger partial charge in [0.2, 0.25) is 0 Å². The summed E-state index contributed by atoms with van der Waals surface area (Å²) in [6, 6.07) is 5.67. The van der Waals surface area contributed by atoms with Crippen LogP contribution in [0.3, 0.4) is 0 Å². The number of halogens is 2. The van der Waals surface area contributed by atoms with E-state index in [1.165, 1.54) is 0 Å². The van der Waals surface area contributed by atoms with Gasteiger partial charge in [-0.2, -0.15) is 5.21 Å². The number of benzene rings is 1. The third-order valence-corrected chi connectivity index (χ3v) is 2.61. The van der Waals surface area contributed by atoms with Gasteiger partial charge in [0.1, 0.15) is 0 Å². The third kappa shape index (κ3) is 2.10. The number of nitrogens with one attached hydrogen (secondary N) is 1. The van der Waals surface area contributed by atoms with Crippen molar-refractivity contribution in [2.45, 2.75) is 6.42 Å². The normalized spacial score (nSPS) is 10.4. The van der Waals surface area contributed by atoms with Crippen LogP contribution in [0.1, 0.15) is 11.4 Å². The lowest BCUT2D eigenvalue weighted by Gasteiger charge is -2.01. The Bertz CT molecular complexity index is 429. The van der Waals surface area contributed by atoms with E-state index in [0.717, 1.165) is 10.0 Å². The molecule has 4 nitrogen and oxygen atoms in total. The highest BCUT2D eigenvalue weighted by Crippen LogP contribution is 2.22. The fourth-order valence-corrected chi connectivity index (χ4v) is 1.70. The summed E-state index contributed by atoms with van der Waals surface area (Å²) >= 11 is 9.38. The average Bonchev–Trinajstić information content (AvgIpc) is 2.64. The van der Waals surface area contributed by atoms with Gasteiger partial charge >= 0.3 is 0 Å². The largest absolute Gasteiger partial charge is 0.178 e. The lowest BCUT2D eigenvalue weighted by atomic mass is 10.1. The maximum absolute atomic E-state index is 6.01. The molecule has 1 heterocycles. The molecule has 0 saturated carbocycles. The molecule has 2 aromatic rings. The average molecular weight is 274 g/mol. The maximum atomic E-state index is 6.01. The summed E-state index contributed by atoms with van der Waals surface area (Å²) < 4.78 is 0.986. The number of tetrazole rings is 1. The van der Waals surface area contributed by atoms with E-state index in [1.807, 2.05) is 18.2 Å². The molecule has 0 fully saturated rings. The van der Waals surface area contributed by atoms with E-state index in [-0.39, 0.29) is 0 Å². The molecule has 0 bridgehead atoms. The zero-order chi connectivity index (χ0) is 9.97. The predicted molar refractivity (Wildman–Crippen MR) is 56.1 cm³/mol. The molecule has 1 aromatic carbocycles. The summed E-state index contributed by atoms with van der Waals surface area (Å²) in [5.41, 5.74) is 0.974. The van der Waals surface area contributed by atoms with Crippen molar-refractivity contribution in [3.63, 3.8) is 0 Å². The van der Waals surface area contributed by atoms with Crippen molar-refractivity contribution in [1.29, 1.82) is 0 Å². The van der Waals surface area contributed by atoms with Crippen LogP contribution < -0.4 is 0 Å². The smallest absolute Gasteiger partial charge is 0.177 e. The number of hydrogen-bond donors (Lipinski definition) is 1. The number of aromatic nitrogens is 4. The molecule has 0 amide bonds. The monoisotopic (exact) mass is 272 g/mol. The van der Waals surface area contributed by atoms with Crippen LogP contribution in [0.15, 0.2) is 22.7 Å². The minimum absolute atomic E-state index is 0.578. The van der Waals surface area contributed by atoms with Crippen LogP contribution in [-0.2, 0) is 6.42 Å². The zero-order valence-corrected chi connectivity index (χ0v) is 9.38. The van der Waals surface area contributed by atoms with E-state index >= 15 is 0 Å². The highest BCUT2D eigenvalue weighted by Gasteiger charge is 2.05. The molecule has 0 aliphatic carbocycles. The van der Waals surface area contributed by atoms with Crippen molar-refractivity contribution < 1.29 is 0 Å². The van der Waals surface area contributed by atoms with Gasteiger partial charge in [-0.25, -0.2) is 0 Å². The second kappa shape index (κ2) is 4.06. The van der Waals surface area contributed by atoms with E-state index in [4.69, 9.17) is 11.6 Å². The highest BCUT2D eigenvalue weighted by atomic mass is 79.9. The van der Waals surface area contributed by atoms with Crippen molar-refractivity contribution in [3.8, 4) is 0 Å². The summed E-state index contributed by atoms with van der Waals surface area (Å²) in [4.78, 5) is 0. The van der Waals surface area contributed by atoms with Crippen LogP contribution in [-0.4, -0.2) is 20.6 Å². The second-order valence-corrected chi connectivity index (χ2v) is 4.06. The molecule has 1 aromatic heterocycles. The molecule has 2 rings (SSSR count). The van der Waals surface area contributed by atoms with Crippen molar-refractivity contribution in [2.24, 2.45) is 0 Å². The zero-order valence-electron chi connectivity index (χ0n) is 7.04. The lowest BCUT2D eigenvalue weighted by molar-refractivity contribution is 0.881. The van der Waals surface area contributed by atoms with Gasteiger partial charge in [0, 0.05) is 15.9 Å². The standard InChI is InChI=1S/C8H6BrClN4/c9-6-1-2-7(10)5(3-6)4-8-11-13-14-12-8/h1-3H,4H2,(H,11,12,13,14). The lowest BCUT2D eigenvalue weighted by Crippen LogP contribution is -1.92. The number of nitrogens with zero attached hydrogens (tertiary/aromatic N) is 3. The molecule has 0 radical (unpaired) electrons. The molecule has 0 atom stereocenters. The molecule has 0 saturated heterocycles. The van der Waals surface area contributed by atoms with E-state index in [2.05, 4.69) is 36.6 Å². The summed E-state index contributed by atoms with van der Waals surface area (Å²) in [6.45, 7) is 0. The Kier molecular flexibility index (Phi) is 2.79. The second-order valence-electron chi connectivity index (χ2n) is 2.74. The Morgan fingerprint density at radius 2 is 2.29 bits per heavy atom. The Morgan fingerprint density at radius 1 is 1.43 bits per heavy atom. The summed E-state index contributed by atoms with van der Waals surface area (Å²) in [5, 5.41) is 14.3. The van der Waals surface area contributed by atoms with Crippen LogP contribution in [0, 0.1) is 0 Å². The van der Waals surface area contributed by atoms with Crippen LogP contribution in [0.2, 0.25) is 5.02 Å². The van der Waals surface area contributed by atoms with E-state index < -0.39 is 0 Å². The van der Waals surface area contributed by atoms with Gasteiger partial charge in [-0.1, -0.05) is 32.7 Å². The van der Waals surface area contributed by atoms with E-state index in [1.54, 1.807) is 0 Å². The number of aromatic amines is 1. The van der Waals surface area contributed by atoms with Crippen LogP contribution >= 0.6 is 27.5 Å². The Hall–Kier alpha value is -0.940. The molecule has 0 aliphatic heterocycles. The number of hydrogen-bond acceptors (Lipinski definition) is 3. The molecule has 0 aliphatic rings. The van der Waals surface area contributed by atoms with Gasteiger partial charge in [-0.05, 0) is 23.8 Å². The first-order valence-electron chi connectivity index (χ1n) is 3.92. The van der Waals surface area contributed by atoms with Gasteiger partial charge in [0.15, 0.2) is 5.82 Å². The van der Waals surface area contributed by atoms with Crippen LogP contribution in [0.25, 0.3) is 0 Å². The van der Waals surface area contributed by atoms with Crippen LogP contribution in [0.4, 0.5) is 0 Å². The van der Waals surface area contributed by atoms with Crippen molar-refractivity contribution >= 4 is 27.5 Å². The molecule has 1 N–H and O–H groups in total. The van der Waals surface area contributed by atoms with Crippen LogP contribution in [0.5, 0.6) is 0 Å². The fraction of sp³-hybridized carbons (Fsp3) is 0.125. The Balaban J connectivity index is 2.28. The summed E-state index contributed by atoms with van der Waals surface area (Å²) in [5.74, 6) is 0.630. The highest BCUT2D eigenvalue weighted by molar-refractivity contribution is 9.10. The van der Waals surface area contributed by atoms with Gasteiger partial charge in [-0.15, -0.1) is 10.2 Å². The number of H-pyrrole nitrogens is 1. The maximum Gasteiger partial charge on any atom is 0.178 e. The van der Waals surface area contributed by atoms with E-state index in [9.17, 15) is 0 Å². The molecular formula is C8H6BrClN4. The quantitative estimate of drug-likeness (QED) is 0.913. The SMILES string of the molecule is Clc1ccc(Br)cc1Cc1nn[nH]n1. The van der Waals surface area contributed by atoms with Crippen molar-refractivity contribution in [1.82, 2.24) is 20.6 Å². The van der Waals surface area contributed by atoms with Gasteiger partial charge in [0.05, 0.1) is 0 Å². The van der Waals surface area contributed by atoms with Crippen molar-refractivity contribution in [3.05, 3.63) is 39.1 Å². The Morgan fingerprint density at radius 3 is 3.00 bits per heavy atom. The van der Waals surface area contributed by atoms with E-state index in [0.29, 0.717) is 17.3 Å². The number of rotatable bonds is 2. The first-order valence-corrected chi connectivity index (χ1v) is 5.09. The first-order chi connectivity index (χ1) is 6.75. The van der Waals surface area contributed by atoms with Crippen molar-refractivity contribution in [2.75, 3.05) is 0 Å². The molecular weight excluding hydrogens is 267 g/mol. The minimum Gasteiger partial charge on any atom is -0.177 e. The Labute approximate surface area is 93.8 Å². The summed E-state index contributed by atoms with van der Waals surface area (Å²) in [6.07, 6.45) is 0.578. The topological polar surface area (TPSA) is 54.5 Å². The first kappa shape index (κ1) is 9.61. The molecule has 6 heteroatoms. The molecule has 0 spiro atoms. The summed E-state index contributed by atoms with van der Waals surface area (Å²) in [7, 11) is 0. The molecule has 0 unspecified atom stereocenters. The third-order valence-electron chi connectivity index (χ3n) is 1.75.